The van der Waals surface area contributed by atoms with Crippen molar-refractivity contribution in [3.05, 3.63) is 59.3 Å². The third-order valence-electron chi connectivity index (χ3n) is 3.34. The maximum absolute atomic E-state index is 11.6. The lowest BCUT2D eigenvalue weighted by Gasteiger charge is -2.18. The van der Waals surface area contributed by atoms with Crippen molar-refractivity contribution < 1.29 is 4.79 Å². The number of nitrogens with one attached hydrogen (secondary N) is 1. The predicted molar refractivity (Wildman–Crippen MR) is 86.0 cm³/mol. The molecule has 0 heterocycles. The lowest BCUT2D eigenvalue weighted by atomic mass is 9.95. The van der Waals surface area contributed by atoms with E-state index in [-0.39, 0.29) is 5.91 Å². The second kappa shape index (κ2) is 6.28. The van der Waals surface area contributed by atoms with E-state index in [1.807, 2.05) is 44.4 Å². The number of hydrazine groups is 1. The van der Waals surface area contributed by atoms with Crippen LogP contribution in [0.5, 0.6) is 0 Å². The highest BCUT2D eigenvalue weighted by Crippen LogP contribution is 2.25. The lowest BCUT2D eigenvalue weighted by molar-refractivity contribution is -0.122. The fourth-order valence-electron chi connectivity index (χ4n) is 2.26. The molecule has 5 nitrogen and oxygen atoms in total. The molecule has 0 saturated carbocycles. The van der Waals surface area contributed by atoms with Gasteiger partial charge in [0.2, 0.25) is 5.91 Å². The molecule has 0 fully saturated rings. The van der Waals surface area contributed by atoms with Gasteiger partial charge in [0.15, 0.2) is 0 Å². The molecule has 21 heavy (non-hydrogen) atoms. The van der Waals surface area contributed by atoms with E-state index in [0.717, 1.165) is 16.8 Å². The number of benzene rings is 1. The molecule has 0 aromatic heterocycles. The van der Waals surface area contributed by atoms with Gasteiger partial charge in [-0.25, -0.2) is 5.84 Å². The number of carbonyl (C=O) groups excluding carboxylic acids is 1. The molecule has 0 saturated heterocycles. The SMILES string of the molecule is CN(C)c1ccccc1/C=C1/C=CC(C(=O)NN)C(N)=C1. The summed E-state index contributed by atoms with van der Waals surface area (Å²) in [6.07, 6.45) is 7.46. The average Bonchev–Trinajstić information content (AvgIpc) is 2.47. The van der Waals surface area contributed by atoms with E-state index in [2.05, 4.69) is 16.4 Å². The molecule has 0 spiro atoms. The van der Waals surface area contributed by atoms with Crippen LogP contribution in [-0.2, 0) is 4.79 Å². The van der Waals surface area contributed by atoms with Crippen LogP contribution in [0.3, 0.4) is 0 Å². The van der Waals surface area contributed by atoms with Crippen LogP contribution in [0.4, 0.5) is 5.69 Å². The van der Waals surface area contributed by atoms with Crippen molar-refractivity contribution in [3.63, 3.8) is 0 Å². The molecular formula is C16H20N4O. The molecule has 1 aromatic rings. The largest absolute Gasteiger partial charge is 0.401 e. The molecule has 0 bridgehead atoms. The molecule has 1 aliphatic carbocycles. The standard InChI is InChI=1S/C16H20N4O/c1-20(2)15-6-4-3-5-12(15)9-11-7-8-13(14(17)10-11)16(21)19-18/h3-10,13H,17-18H2,1-2H3,(H,19,21)/b11-9-. The molecule has 5 heteroatoms. The first-order valence-corrected chi connectivity index (χ1v) is 6.66. The number of nitrogens with zero attached hydrogens (tertiary/aromatic N) is 1. The van der Waals surface area contributed by atoms with E-state index < -0.39 is 5.92 Å². The predicted octanol–water partition coefficient (Wildman–Crippen LogP) is 1.15. The maximum Gasteiger partial charge on any atom is 0.246 e. The molecule has 1 aromatic carbocycles. The van der Waals surface area contributed by atoms with Gasteiger partial charge in [0.25, 0.3) is 0 Å². The van der Waals surface area contributed by atoms with Crippen LogP contribution in [0.15, 0.2) is 53.8 Å². The van der Waals surface area contributed by atoms with Crippen molar-refractivity contribution >= 4 is 17.7 Å². The molecule has 0 radical (unpaired) electrons. The van der Waals surface area contributed by atoms with Gasteiger partial charge >= 0.3 is 0 Å². The van der Waals surface area contributed by atoms with Crippen molar-refractivity contribution in [2.45, 2.75) is 0 Å². The Labute approximate surface area is 124 Å². The molecule has 1 amide bonds. The van der Waals surface area contributed by atoms with Crippen LogP contribution in [-0.4, -0.2) is 20.0 Å². The molecule has 1 unspecified atom stereocenters. The average molecular weight is 284 g/mol. The second-order valence-corrected chi connectivity index (χ2v) is 5.09. The Hall–Kier alpha value is -2.53. The first-order chi connectivity index (χ1) is 10.0. The van der Waals surface area contributed by atoms with E-state index >= 15 is 0 Å². The number of hydrogen-bond acceptors (Lipinski definition) is 4. The number of allylic oxidation sites excluding steroid dienone is 3. The highest BCUT2D eigenvalue weighted by atomic mass is 16.2. The molecule has 1 atom stereocenters. The maximum atomic E-state index is 11.6. The van der Waals surface area contributed by atoms with Crippen molar-refractivity contribution in [1.82, 2.24) is 5.43 Å². The van der Waals surface area contributed by atoms with Crippen LogP contribution < -0.4 is 21.9 Å². The van der Waals surface area contributed by atoms with Gasteiger partial charge in [0.1, 0.15) is 0 Å². The Morgan fingerprint density at radius 2 is 2.05 bits per heavy atom. The van der Waals surface area contributed by atoms with Gasteiger partial charge in [-0.2, -0.15) is 0 Å². The van der Waals surface area contributed by atoms with E-state index in [4.69, 9.17) is 11.6 Å². The first-order valence-electron chi connectivity index (χ1n) is 6.66. The van der Waals surface area contributed by atoms with E-state index in [1.54, 1.807) is 12.2 Å². The summed E-state index contributed by atoms with van der Waals surface area (Å²) in [7, 11) is 4.00. The Morgan fingerprint density at radius 1 is 1.33 bits per heavy atom. The van der Waals surface area contributed by atoms with Crippen LogP contribution in [0, 0.1) is 5.92 Å². The molecule has 5 N–H and O–H groups in total. The zero-order valence-corrected chi connectivity index (χ0v) is 12.2. The van der Waals surface area contributed by atoms with Crippen LogP contribution in [0.2, 0.25) is 0 Å². The number of nitrogens with two attached hydrogens (primary N) is 2. The van der Waals surface area contributed by atoms with Crippen molar-refractivity contribution in [2.75, 3.05) is 19.0 Å². The van der Waals surface area contributed by atoms with Crippen LogP contribution >= 0.6 is 0 Å². The summed E-state index contributed by atoms with van der Waals surface area (Å²) in [6.45, 7) is 0. The number of rotatable bonds is 3. The van der Waals surface area contributed by atoms with Gasteiger partial charge in [-0.05, 0) is 29.4 Å². The lowest BCUT2D eigenvalue weighted by Crippen LogP contribution is -2.37. The zero-order chi connectivity index (χ0) is 15.4. The number of amides is 1. The molecule has 110 valence electrons. The fraction of sp³-hybridized carbons (Fsp3) is 0.188. The van der Waals surface area contributed by atoms with Gasteiger partial charge in [-0.3, -0.25) is 10.2 Å². The first kappa shape index (κ1) is 14.9. The van der Waals surface area contributed by atoms with Gasteiger partial charge in [-0.15, -0.1) is 0 Å². The highest BCUT2D eigenvalue weighted by Gasteiger charge is 2.19. The van der Waals surface area contributed by atoms with E-state index in [0.29, 0.717) is 5.70 Å². The third-order valence-corrected chi connectivity index (χ3v) is 3.34. The zero-order valence-electron chi connectivity index (χ0n) is 12.2. The van der Waals surface area contributed by atoms with E-state index in [1.165, 1.54) is 0 Å². The summed E-state index contributed by atoms with van der Waals surface area (Å²) < 4.78 is 0. The van der Waals surface area contributed by atoms with Crippen LogP contribution in [0.25, 0.3) is 6.08 Å². The summed E-state index contributed by atoms with van der Waals surface area (Å²) in [6, 6.07) is 8.08. The summed E-state index contributed by atoms with van der Waals surface area (Å²) >= 11 is 0. The van der Waals surface area contributed by atoms with E-state index in [9.17, 15) is 4.79 Å². The Kier molecular flexibility index (Phi) is 4.45. The van der Waals surface area contributed by atoms with Gasteiger partial charge < -0.3 is 10.6 Å². The highest BCUT2D eigenvalue weighted by molar-refractivity contribution is 5.84. The summed E-state index contributed by atoms with van der Waals surface area (Å²) in [5, 5.41) is 0. The number of anilines is 1. The Bertz CT molecular complexity index is 629. The normalized spacial score (nSPS) is 19.3. The third kappa shape index (κ3) is 3.32. The van der Waals surface area contributed by atoms with Crippen molar-refractivity contribution in [2.24, 2.45) is 17.5 Å². The van der Waals surface area contributed by atoms with Gasteiger partial charge in [0, 0.05) is 25.5 Å². The monoisotopic (exact) mass is 284 g/mol. The second-order valence-electron chi connectivity index (χ2n) is 5.09. The Balaban J connectivity index is 2.31. The number of para-hydroxylation sites is 1. The minimum atomic E-state index is -0.503. The number of hydrogen-bond donors (Lipinski definition) is 3. The van der Waals surface area contributed by atoms with Gasteiger partial charge in [0.05, 0.1) is 5.92 Å². The molecular weight excluding hydrogens is 264 g/mol. The molecule has 0 aliphatic heterocycles. The minimum Gasteiger partial charge on any atom is -0.401 e. The van der Waals surface area contributed by atoms with Crippen molar-refractivity contribution in [3.8, 4) is 0 Å². The smallest absolute Gasteiger partial charge is 0.246 e. The summed E-state index contributed by atoms with van der Waals surface area (Å²) in [4.78, 5) is 13.6. The minimum absolute atomic E-state index is 0.312. The van der Waals surface area contributed by atoms with Gasteiger partial charge in [-0.1, -0.05) is 30.4 Å². The Morgan fingerprint density at radius 3 is 2.67 bits per heavy atom. The quantitative estimate of drug-likeness (QED) is 0.442. The molecule has 1 aliphatic rings. The fourth-order valence-corrected chi connectivity index (χ4v) is 2.26. The van der Waals surface area contributed by atoms with Crippen molar-refractivity contribution in [1.29, 1.82) is 0 Å². The summed E-state index contributed by atoms with van der Waals surface area (Å²) in [5.74, 6) is 4.32. The summed E-state index contributed by atoms with van der Waals surface area (Å²) in [5.41, 5.74) is 11.7. The molecule has 2 rings (SSSR count). The number of carbonyl (C=O) groups is 1. The topological polar surface area (TPSA) is 84.4 Å². The van der Waals surface area contributed by atoms with Crippen LogP contribution in [0.1, 0.15) is 5.56 Å².